The van der Waals surface area contributed by atoms with Crippen LogP contribution in [0, 0.1) is 6.92 Å². The second-order valence-electron chi connectivity index (χ2n) is 7.09. The van der Waals surface area contributed by atoms with Gasteiger partial charge < -0.3 is 25.8 Å². The van der Waals surface area contributed by atoms with E-state index in [1.807, 2.05) is 39.0 Å². The molecule has 0 saturated carbocycles. The zero-order valence-corrected chi connectivity index (χ0v) is 20.9. The number of aliphatic imine (C=N–C) groups is 1. The molecule has 1 atom stereocenters. The first-order chi connectivity index (χ1) is 14.4. The summed E-state index contributed by atoms with van der Waals surface area (Å²) >= 11 is 0. The number of carbonyl (C=O) groups excluding carboxylic acids is 1. The number of benzene rings is 2. The van der Waals surface area contributed by atoms with E-state index < -0.39 is 0 Å². The maximum Gasteiger partial charge on any atom is 0.243 e. The van der Waals surface area contributed by atoms with E-state index in [0.29, 0.717) is 24.7 Å². The average molecular weight is 540 g/mol. The van der Waals surface area contributed by atoms with Crippen molar-refractivity contribution in [2.24, 2.45) is 4.99 Å². The van der Waals surface area contributed by atoms with Gasteiger partial charge in [-0.3, -0.25) is 4.79 Å². The van der Waals surface area contributed by atoms with Gasteiger partial charge in [0.05, 0.1) is 19.2 Å². The lowest BCUT2D eigenvalue weighted by Crippen LogP contribution is -2.41. The van der Waals surface area contributed by atoms with Gasteiger partial charge in [-0.25, -0.2) is 4.99 Å². The summed E-state index contributed by atoms with van der Waals surface area (Å²) in [5.41, 5.74) is 2.75. The lowest BCUT2D eigenvalue weighted by atomic mass is 10.1. The van der Waals surface area contributed by atoms with Crippen LogP contribution in [-0.2, 0) is 11.3 Å². The standard InChI is InChI=1S/C23H32N4O3.HI/c1-5-17(4)30-21-13-16(3)7-8-18(21)14-25-23(24-6-2)26-15-22(29)27-19-9-11-20(28)12-10-19;/h7-13,17,28H,5-6,14-15H2,1-4H3,(H,27,29)(H2,24,25,26);1H. The molecule has 2 aromatic rings. The molecule has 0 spiro atoms. The molecule has 1 amide bonds. The third kappa shape index (κ3) is 9.46. The number of ether oxygens (including phenoxy) is 1. The van der Waals surface area contributed by atoms with Crippen LogP contribution in [0.25, 0.3) is 0 Å². The van der Waals surface area contributed by atoms with Gasteiger partial charge in [-0.2, -0.15) is 0 Å². The highest BCUT2D eigenvalue weighted by Crippen LogP contribution is 2.23. The molecule has 2 aromatic carbocycles. The fourth-order valence-electron chi connectivity index (χ4n) is 2.62. The molecule has 0 heterocycles. The van der Waals surface area contributed by atoms with Crippen molar-refractivity contribution in [3.8, 4) is 11.5 Å². The van der Waals surface area contributed by atoms with E-state index in [1.165, 1.54) is 12.1 Å². The third-order valence-corrected chi connectivity index (χ3v) is 4.44. The lowest BCUT2D eigenvalue weighted by Gasteiger charge is -2.17. The molecule has 0 radical (unpaired) electrons. The minimum atomic E-state index is -0.206. The van der Waals surface area contributed by atoms with Gasteiger partial charge in [0.1, 0.15) is 11.5 Å². The summed E-state index contributed by atoms with van der Waals surface area (Å²) in [5, 5.41) is 18.3. The Morgan fingerprint density at radius 3 is 2.48 bits per heavy atom. The molecule has 170 valence electrons. The highest BCUT2D eigenvalue weighted by Gasteiger charge is 2.09. The second-order valence-corrected chi connectivity index (χ2v) is 7.09. The van der Waals surface area contributed by atoms with E-state index in [2.05, 4.69) is 27.9 Å². The van der Waals surface area contributed by atoms with Crippen molar-refractivity contribution in [3.05, 3.63) is 53.6 Å². The van der Waals surface area contributed by atoms with Gasteiger partial charge in [0.25, 0.3) is 0 Å². The summed E-state index contributed by atoms with van der Waals surface area (Å²) < 4.78 is 6.05. The smallest absolute Gasteiger partial charge is 0.243 e. The molecule has 0 aliphatic carbocycles. The van der Waals surface area contributed by atoms with Gasteiger partial charge >= 0.3 is 0 Å². The number of nitrogens with zero attached hydrogens (tertiary/aromatic N) is 1. The van der Waals surface area contributed by atoms with Crippen LogP contribution < -0.4 is 20.7 Å². The molecule has 4 N–H and O–H groups in total. The number of carbonyl (C=O) groups is 1. The molecule has 0 aliphatic rings. The van der Waals surface area contributed by atoms with E-state index >= 15 is 0 Å². The maximum atomic E-state index is 12.2. The summed E-state index contributed by atoms with van der Waals surface area (Å²) in [6.45, 7) is 9.32. The molecular weight excluding hydrogens is 507 g/mol. The molecule has 1 unspecified atom stereocenters. The Balaban J connectivity index is 0.00000480. The minimum Gasteiger partial charge on any atom is -0.508 e. The number of phenols is 1. The number of phenolic OH excluding ortho intramolecular Hbond substituents is 1. The Labute approximate surface area is 201 Å². The number of halogens is 1. The van der Waals surface area contributed by atoms with E-state index in [4.69, 9.17) is 4.74 Å². The van der Waals surface area contributed by atoms with Crippen molar-refractivity contribution in [1.29, 1.82) is 0 Å². The van der Waals surface area contributed by atoms with Gasteiger partial charge in [-0.05, 0) is 63.1 Å². The van der Waals surface area contributed by atoms with Gasteiger partial charge in [0.15, 0.2) is 5.96 Å². The van der Waals surface area contributed by atoms with Crippen LogP contribution >= 0.6 is 24.0 Å². The van der Waals surface area contributed by atoms with Crippen LogP contribution in [0.15, 0.2) is 47.5 Å². The lowest BCUT2D eigenvalue weighted by molar-refractivity contribution is -0.115. The van der Waals surface area contributed by atoms with Crippen LogP contribution in [0.2, 0.25) is 0 Å². The summed E-state index contributed by atoms with van der Waals surface area (Å²) in [4.78, 5) is 16.8. The quantitative estimate of drug-likeness (QED) is 0.166. The maximum absolute atomic E-state index is 12.2. The Morgan fingerprint density at radius 1 is 1.13 bits per heavy atom. The molecule has 0 fully saturated rings. The van der Waals surface area contributed by atoms with Gasteiger partial charge in [-0.1, -0.05) is 19.1 Å². The largest absolute Gasteiger partial charge is 0.508 e. The number of rotatable bonds is 9. The molecule has 0 saturated heterocycles. The van der Waals surface area contributed by atoms with Crippen molar-refractivity contribution in [3.63, 3.8) is 0 Å². The summed E-state index contributed by atoms with van der Waals surface area (Å²) in [7, 11) is 0. The predicted molar refractivity (Wildman–Crippen MR) is 137 cm³/mol. The molecule has 2 rings (SSSR count). The Hall–Kier alpha value is -2.49. The van der Waals surface area contributed by atoms with Crippen molar-refractivity contribution >= 4 is 41.5 Å². The Bertz CT molecular complexity index is 856. The second kappa shape index (κ2) is 13.7. The highest BCUT2D eigenvalue weighted by molar-refractivity contribution is 14.0. The first kappa shape index (κ1) is 26.5. The van der Waals surface area contributed by atoms with Gasteiger partial charge in [-0.15, -0.1) is 24.0 Å². The molecule has 31 heavy (non-hydrogen) atoms. The number of aromatic hydroxyl groups is 1. The van der Waals surface area contributed by atoms with Gasteiger partial charge in [0, 0.05) is 17.8 Å². The van der Waals surface area contributed by atoms with Crippen molar-refractivity contribution in [2.75, 3.05) is 18.4 Å². The van der Waals surface area contributed by atoms with Crippen LogP contribution in [0.5, 0.6) is 11.5 Å². The fraction of sp³-hybridized carbons (Fsp3) is 0.391. The first-order valence-electron chi connectivity index (χ1n) is 10.3. The first-order valence-corrected chi connectivity index (χ1v) is 10.3. The van der Waals surface area contributed by atoms with Crippen molar-refractivity contribution in [2.45, 2.75) is 46.8 Å². The van der Waals surface area contributed by atoms with E-state index in [1.54, 1.807) is 12.1 Å². The molecule has 0 aliphatic heterocycles. The van der Waals surface area contributed by atoms with Crippen LogP contribution in [0.1, 0.15) is 38.3 Å². The zero-order valence-electron chi connectivity index (χ0n) is 18.6. The zero-order chi connectivity index (χ0) is 21.9. The summed E-state index contributed by atoms with van der Waals surface area (Å²) in [5.74, 6) is 1.34. The normalized spacial score (nSPS) is 11.8. The van der Waals surface area contributed by atoms with Crippen LogP contribution in [-0.4, -0.2) is 36.2 Å². The van der Waals surface area contributed by atoms with Gasteiger partial charge in [0.2, 0.25) is 5.91 Å². The molecular formula is C23H33IN4O3. The SMILES string of the molecule is CCNC(=NCc1ccc(C)cc1OC(C)CC)NCC(=O)Nc1ccc(O)cc1.I. The number of hydrogen-bond acceptors (Lipinski definition) is 4. The predicted octanol–water partition coefficient (Wildman–Crippen LogP) is 4.19. The van der Waals surface area contributed by atoms with Crippen LogP contribution in [0.3, 0.4) is 0 Å². The summed E-state index contributed by atoms with van der Waals surface area (Å²) in [6.07, 6.45) is 1.06. The monoisotopic (exact) mass is 540 g/mol. The topological polar surface area (TPSA) is 95.0 Å². The highest BCUT2D eigenvalue weighted by atomic mass is 127. The number of hydrogen-bond donors (Lipinski definition) is 4. The Morgan fingerprint density at radius 2 is 1.84 bits per heavy atom. The van der Waals surface area contributed by atoms with E-state index in [-0.39, 0.29) is 48.3 Å². The summed E-state index contributed by atoms with van der Waals surface area (Å²) in [6, 6.07) is 12.4. The molecule has 8 heteroatoms. The third-order valence-electron chi connectivity index (χ3n) is 4.44. The minimum absolute atomic E-state index is 0. The number of anilines is 1. The average Bonchev–Trinajstić information content (AvgIpc) is 2.72. The number of amides is 1. The molecule has 7 nitrogen and oxygen atoms in total. The fourth-order valence-corrected chi connectivity index (χ4v) is 2.62. The molecule has 0 bridgehead atoms. The number of guanidine groups is 1. The van der Waals surface area contributed by atoms with Crippen LogP contribution in [0.4, 0.5) is 5.69 Å². The van der Waals surface area contributed by atoms with E-state index in [0.717, 1.165) is 23.3 Å². The van der Waals surface area contributed by atoms with Crippen molar-refractivity contribution in [1.82, 2.24) is 10.6 Å². The Kier molecular flexibility index (Phi) is 11.8. The number of aryl methyl sites for hydroxylation is 1. The number of nitrogens with one attached hydrogen (secondary N) is 3. The molecule has 0 aromatic heterocycles. The van der Waals surface area contributed by atoms with E-state index in [9.17, 15) is 9.90 Å². The van der Waals surface area contributed by atoms with Crippen molar-refractivity contribution < 1.29 is 14.6 Å².